The number of rotatable bonds is 2. The highest BCUT2D eigenvalue weighted by molar-refractivity contribution is 5.95. The van der Waals surface area contributed by atoms with Gasteiger partial charge in [-0.05, 0) is 38.5 Å². The quantitative estimate of drug-likeness (QED) is 0.819. The topological polar surface area (TPSA) is 52.6 Å². The molecule has 17 heavy (non-hydrogen) atoms. The van der Waals surface area contributed by atoms with Gasteiger partial charge in [0.15, 0.2) is 0 Å². The van der Waals surface area contributed by atoms with Gasteiger partial charge < -0.3 is 5.11 Å². The van der Waals surface area contributed by atoms with Gasteiger partial charge in [0.1, 0.15) is 0 Å². The largest absolute Gasteiger partial charge is 0.389 e. The van der Waals surface area contributed by atoms with E-state index in [9.17, 15) is 9.90 Å². The monoisotopic (exact) mass is 234 g/mol. The zero-order valence-corrected chi connectivity index (χ0v) is 10.4. The molecule has 1 heterocycles. The Bertz CT molecular complexity index is 441. The van der Waals surface area contributed by atoms with Crippen molar-refractivity contribution in [2.75, 3.05) is 5.01 Å². The van der Waals surface area contributed by atoms with Crippen molar-refractivity contribution in [3.8, 4) is 0 Å². The number of benzene rings is 1. The molecule has 4 nitrogen and oxygen atoms in total. The summed E-state index contributed by atoms with van der Waals surface area (Å²) in [4.78, 5) is 11.9. The summed E-state index contributed by atoms with van der Waals surface area (Å²) in [6, 6.07) is 7.38. The number of anilines is 1. The Morgan fingerprint density at radius 2 is 2.18 bits per heavy atom. The van der Waals surface area contributed by atoms with Gasteiger partial charge in [-0.3, -0.25) is 4.79 Å². The highest BCUT2D eigenvalue weighted by Crippen LogP contribution is 2.26. The Balaban J connectivity index is 2.29. The Hall–Kier alpha value is -1.39. The van der Waals surface area contributed by atoms with Crippen LogP contribution >= 0.6 is 0 Å². The van der Waals surface area contributed by atoms with E-state index >= 15 is 0 Å². The molecule has 1 aromatic carbocycles. The fourth-order valence-corrected chi connectivity index (χ4v) is 1.99. The number of hydrazine groups is 1. The van der Waals surface area contributed by atoms with Crippen molar-refractivity contribution < 1.29 is 9.90 Å². The number of carbonyl (C=O) groups is 1. The molecule has 1 saturated heterocycles. The summed E-state index contributed by atoms with van der Waals surface area (Å²) in [6.07, 6.45) is -0.0491. The van der Waals surface area contributed by atoms with Crippen LogP contribution in [0.2, 0.25) is 0 Å². The molecule has 4 heteroatoms. The van der Waals surface area contributed by atoms with E-state index in [0.29, 0.717) is 6.42 Å². The number of carbonyl (C=O) groups excluding carboxylic acids is 1. The molecule has 1 fully saturated rings. The van der Waals surface area contributed by atoms with Crippen LogP contribution in [0, 0.1) is 0 Å². The standard InChI is InChI=1S/C13H18N2O2/c1-9(16)10-5-4-6-11(7-10)15-12(17)8-13(2,3)14-15/h4-7,9,14,16H,8H2,1-3H3. The van der Waals surface area contributed by atoms with E-state index < -0.39 is 6.10 Å². The van der Waals surface area contributed by atoms with Crippen LogP contribution in [-0.4, -0.2) is 16.6 Å². The molecule has 0 aliphatic carbocycles. The van der Waals surface area contributed by atoms with Crippen molar-refractivity contribution in [1.82, 2.24) is 5.43 Å². The van der Waals surface area contributed by atoms with Gasteiger partial charge in [0, 0.05) is 12.0 Å². The fourth-order valence-electron chi connectivity index (χ4n) is 1.99. The van der Waals surface area contributed by atoms with Gasteiger partial charge in [0.2, 0.25) is 5.91 Å². The third-order valence-electron chi connectivity index (χ3n) is 2.87. The summed E-state index contributed by atoms with van der Waals surface area (Å²) in [5.41, 5.74) is 4.54. The van der Waals surface area contributed by atoms with Crippen molar-refractivity contribution in [3.63, 3.8) is 0 Å². The number of nitrogens with one attached hydrogen (secondary N) is 1. The van der Waals surface area contributed by atoms with Crippen LogP contribution in [0.1, 0.15) is 38.9 Å². The van der Waals surface area contributed by atoms with E-state index in [1.165, 1.54) is 0 Å². The minimum absolute atomic E-state index is 0.0535. The maximum absolute atomic E-state index is 11.9. The molecule has 92 valence electrons. The lowest BCUT2D eigenvalue weighted by Gasteiger charge is -2.22. The second kappa shape index (κ2) is 4.13. The van der Waals surface area contributed by atoms with Gasteiger partial charge in [-0.1, -0.05) is 12.1 Å². The van der Waals surface area contributed by atoms with E-state index in [1.54, 1.807) is 11.9 Å². The van der Waals surface area contributed by atoms with E-state index in [0.717, 1.165) is 11.3 Å². The molecule has 0 saturated carbocycles. The maximum Gasteiger partial charge on any atom is 0.243 e. The SMILES string of the molecule is CC(O)c1cccc(N2NC(C)(C)CC2=O)c1. The lowest BCUT2D eigenvalue weighted by molar-refractivity contribution is -0.117. The molecule has 0 bridgehead atoms. The van der Waals surface area contributed by atoms with Gasteiger partial charge in [0.25, 0.3) is 0 Å². The minimum atomic E-state index is -0.527. The summed E-state index contributed by atoms with van der Waals surface area (Å²) < 4.78 is 0. The predicted molar refractivity (Wildman–Crippen MR) is 66.4 cm³/mol. The highest BCUT2D eigenvalue weighted by Gasteiger charge is 2.35. The molecule has 1 unspecified atom stereocenters. The fraction of sp³-hybridized carbons (Fsp3) is 0.462. The predicted octanol–water partition coefficient (Wildman–Crippen LogP) is 1.76. The first-order chi connectivity index (χ1) is 7.89. The van der Waals surface area contributed by atoms with Crippen LogP contribution in [0.25, 0.3) is 0 Å². The summed E-state index contributed by atoms with van der Waals surface area (Å²) in [7, 11) is 0. The maximum atomic E-state index is 11.9. The van der Waals surface area contributed by atoms with Crippen LogP contribution in [0.15, 0.2) is 24.3 Å². The first-order valence-corrected chi connectivity index (χ1v) is 5.78. The van der Waals surface area contributed by atoms with Crippen LogP contribution < -0.4 is 10.4 Å². The normalized spacial score (nSPS) is 20.7. The van der Waals surface area contributed by atoms with Crippen LogP contribution in [0.5, 0.6) is 0 Å². The summed E-state index contributed by atoms with van der Waals surface area (Å²) in [5.74, 6) is 0.0535. The van der Waals surface area contributed by atoms with E-state index in [-0.39, 0.29) is 11.4 Å². The second-order valence-electron chi connectivity index (χ2n) is 5.17. The summed E-state index contributed by atoms with van der Waals surface area (Å²) in [6.45, 7) is 5.69. The number of amides is 1. The van der Waals surface area contributed by atoms with Gasteiger partial charge in [-0.25, -0.2) is 10.4 Å². The third kappa shape index (κ3) is 2.48. The average molecular weight is 234 g/mol. The van der Waals surface area contributed by atoms with Gasteiger partial charge in [-0.15, -0.1) is 0 Å². The first-order valence-electron chi connectivity index (χ1n) is 5.78. The minimum Gasteiger partial charge on any atom is -0.389 e. The summed E-state index contributed by atoms with van der Waals surface area (Å²) in [5, 5.41) is 11.1. The smallest absolute Gasteiger partial charge is 0.243 e. The summed E-state index contributed by atoms with van der Waals surface area (Å²) >= 11 is 0. The number of hydrogen-bond donors (Lipinski definition) is 2. The van der Waals surface area contributed by atoms with Gasteiger partial charge in [0.05, 0.1) is 11.8 Å². The molecule has 1 atom stereocenters. The second-order valence-corrected chi connectivity index (χ2v) is 5.17. The van der Waals surface area contributed by atoms with E-state index in [2.05, 4.69) is 5.43 Å². The molecular weight excluding hydrogens is 216 g/mol. The van der Waals surface area contributed by atoms with Crippen LogP contribution in [0.4, 0.5) is 5.69 Å². The van der Waals surface area contributed by atoms with Gasteiger partial charge >= 0.3 is 0 Å². The highest BCUT2D eigenvalue weighted by atomic mass is 16.3. The van der Waals surface area contributed by atoms with Crippen molar-refractivity contribution in [3.05, 3.63) is 29.8 Å². The average Bonchev–Trinajstić information content (AvgIpc) is 2.52. The van der Waals surface area contributed by atoms with E-state index in [4.69, 9.17) is 0 Å². The molecule has 0 spiro atoms. The zero-order chi connectivity index (χ0) is 12.6. The zero-order valence-electron chi connectivity index (χ0n) is 10.4. The molecule has 2 N–H and O–H groups in total. The van der Waals surface area contributed by atoms with Gasteiger partial charge in [-0.2, -0.15) is 0 Å². The molecule has 1 amide bonds. The van der Waals surface area contributed by atoms with Crippen molar-refractivity contribution in [2.45, 2.75) is 38.8 Å². The van der Waals surface area contributed by atoms with Crippen LogP contribution in [-0.2, 0) is 4.79 Å². The molecule has 0 aromatic heterocycles. The number of nitrogens with zero attached hydrogens (tertiary/aromatic N) is 1. The van der Waals surface area contributed by atoms with Crippen LogP contribution in [0.3, 0.4) is 0 Å². The molecule has 1 aromatic rings. The Labute approximate surface area is 101 Å². The Morgan fingerprint density at radius 1 is 1.47 bits per heavy atom. The first kappa shape index (κ1) is 12.1. The van der Waals surface area contributed by atoms with Crippen molar-refractivity contribution >= 4 is 11.6 Å². The van der Waals surface area contributed by atoms with Crippen molar-refractivity contribution in [2.24, 2.45) is 0 Å². The molecule has 1 aliphatic heterocycles. The molecule has 0 radical (unpaired) electrons. The third-order valence-corrected chi connectivity index (χ3v) is 2.87. The van der Waals surface area contributed by atoms with Crippen molar-refractivity contribution in [1.29, 1.82) is 0 Å². The molecule has 1 aliphatic rings. The molecular formula is C13H18N2O2. The van der Waals surface area contributed by atoms with E-state index in [1.807, 2.05) is 38.1 Å². The lowest BCUT2D eigenvalue weighted by atomic mass is 10.0. The number of hydrogen-bond acceptors (Lipinski definition) is 3. The lowest BCUT2D eigenvalue weighted by Crippen LogP contribution is -2.42. The number of aliphatic hydroxyl groups excluding tert-OH is 1. The Kier molecular flexibility index (Phi) is 2.93. The number of aliphatic hydroxyl groups is 1. The Morgan fingerprint density at radius 3 is 2.71 bits per heavy atom. The molecule has 2 rings (SSSR count).